The van der Waals surface area contributed by atoms with Crippen molar-refractivity contribution in [2.75, 3.05) is 12.3 Å². The molecule has 12 heteroatoms. The number of nitrogens with one attached hydrogen (secondary N) is 3. The average Bonchev–Trinajstić information content (AvgIpc) is 2.53. The summed E-state index contributed by atoms with van der Waals surface area (Å²) in [7, 11) is 0. The van der Waals surface area contributed by atoms with Crippen LogP contribution in [0.3, 0.4) is 0 Å². The fourth-order valence-corrected chi connectivity index (χ4v) is 2.10. The SMILES string of the molecule is CC(C)C(NC(=O)C(N)CC(N)=O)C(=O)NC(CS)C(=O)NCC(=O)O. The fourth-order valence-electron chi connectivity index (χ4n) is 1.85. The third-order valence-electron chi connectivity index (χ3n) is 3.23. The van der Waals surface area contributed by atoms with Gasteiger partial charge in [0.2, 0.25) is 23.6 Å². The molecule has 0 aromatic heterocycles. The minimum Gasteiger partial charge on any atom is -0.480 e. The topological polar surface area (TPSA) is 194 Å². The molecule has 0 aliphatic heterocycles. The van der Waals surface area contributed by atoms with Gasteiger partial charge in [0.25, 0.3) is 0 Å². The Morgan fingerprint density at radius 3 is 2.04 bits per heavy atom. The highest BCUT2D eigenvalue weighted by atomic mass is 32.1. The van der Waals surface area contributed by atoms with Crippen molar-refractivity contribution in [3.8, 4) is 0 Å². The molecule has 0 heterocycles. The quantitative estimate of drug-likeness (QED) is 0.182. The number of carboxylic acid groups (broad SMARTS) is 1. The minimum atomic E-state index is -1.24. The van der Waals surface area contributed by atoms with Crippen LogP contribution in [0.1, 0.15) is 20.3 Å². The number of nitrogens with two attached hydrogens (primary N) is 2. The summed E-state index contributed by atoms with van der Waals surface area (Å²) in [4.78, 5) is 57.5. The Balaban J connectivity index is 4.94. The smallest absolute Gasteiger partial charge is 0.322 e. The van der Waals surface area contributed by atoms with Gasteiger partial charge in [-0.05, 0) is 5.92 Å². The summed E-state index contributed by atoms with van der Waals surface area (Å²) in [5, 5.41) is 15.5. The van der Waals surface area contributed by atoms with E-state index in [0.29, 0.717) is 0 Å². The predicted molar refractivity (Wildman–Crippen MR) is 95.0 cm³/mol. The van der Waals surface area contributed by atoms with Gasteiger partial charge >= 0.3 is 5.97 Å². The molecule has 0 saturated carbocycles. The van der Waals surface area contributed by atoms with E-state index in [1.165, 1.54) is 0 Å². The lowest BCUT2D eigenvalue weighted by atomic mass is 10.0. The van der Waals surface area contributed by atoms with Crippen LogP contribution < -0.4 is 27.4 Å². The Labute approximate surface area is 156 Å². The molecule has 3 unspecified atom stereocenters. The number of thiol groups is 1. The zero-order valence-corrected chi connectivity index (χ0v) is 15.4. The van der Waals surface area contributed by atoms with Crippen LogP contribution in [-0.2, 0) is 24.0 Å². The molecule has 0 aliphatic carbocycles. The van der Waals surface area contributed by atoms with Gasteiger partial charge in [-0.25, -0.2) is 0 Å². The summed E-state index contributed by atoms with van der Waals surface area (Å²) < 4.78 is 0. The van der Waals surface area contributed by atoms with E-state index in [0.717, 1.165) is 0 Å². The van der Waals surface area contributed by atoms with Crippen LogP contribution in [0, 0.1) is 5.92 Å². The van der Waals surface area contributed by atoms with Gasteiger partial charge in [0.05, 0.1) is 12.5 Å². The van der Waals surface area contributed by atoms with Crippen molar-refractivity contribution in [2.45, 2.75) is 38.4 Å². The van der Waals surface area contributed by atoms with Crippen LogP contribution in [0.15, 0.2) is 0 Å². The Bertz CT molecular complexity index is 556. The number of hydrogen-bond acceptors (Lipinski definition) is 7. The average molecular weight is 391 g/mol. The van der Waals surface area contributed by atoms with Gasteiger partial charge in [0.1, 0.15) is 18.6 Å². The molecule has 0 fully saturated rings. The number of carbonyl (C=O) groups is 5. The fraction of sp³-hybridized carbons (Fsp3) is 0.643. The number of amides is 4. The first-order valence-electron chi connectivity index (χ1n) is 7.74. The molecule has 0 aromatic rings. The van der Waals surface area contributed by atoms with Crippen LogP contribution >= 0.6 is 12.6 Å². The van der Waals surface area contributed by atoms with Crippen LogP contribution in [0.25, 0.3) is 0 Å². The molecule has 0 rings (SSSR count). The lowest BCUT2D eigenvalue weighted by Crippen LogP contribution is -2.58. The molecular formula is C14H25N5O6S. The van der Waals surface area contributed by atoms with Gasteiger partial charge in [-0.3, -0.25) is 24.0 Å². The third-order valence-corrected chi connectivity index (χ3v) is 3.60. The second-order valence-electron chi connectivity index (χ2n) is 5.86. The van der Waals surface area contributed by atoms with Crippen molar-refractivity contribution in [3.63, 3.8) is 0 Å². The largest absolute Gasteiger partial charge is 0.480 e. The summed E-state index contributed by atoms with van der Waals surface area (Å²) in [6, 6.07) is -3.33. The Morgan fingerprint density at radius 1 is 1.04 bits per heavy atom. The van der Waals surface area contributed by atoms with Crippen molar-refractivity contribution in [1.29, 1.82) is 0 Å². The van der Waals surface area contributed by atoms with Gasteiger partial charge in [0, 0.05) is 5.75 Å². The number of carboxylic acids is 1. The zero-order chi connectivity index (χ0) is 20.4. The van der Waals surface area contributed by atoms with E-state index in [4.69, 9.17) is 16.6 Å². The lowest BCUT2D eigenvalue weighted by molar-refractivity contribution is -0.138. The van der Waals surface area contributed by atoms with Crippen LogP contribution in [0.4, 0.5) is 0 Å². The molecule has 26 heavy (non-hydrogen) atoms. The van der Waals surface area contributed by atoms with E-state index >= 15 is 0 Å². The number of hydrogen-bond donors (Lipinski definition) is 7. The van der Waals surface area contributed by atoms with E-state index in [2.05, 4.69) is 28.6 Å². The number of carbonyl (C=O) groups excluding carboxylic acids is 4. The summed E-state index contributed by atoms with van der Waals surface area (Å²) >= 11 is 3.95. The molecule has 3 atom stereocenters. The Morgan fingerprint density at radius 2 is 1.62 bits per heavy atom. The monoisotopic (exact) mass is 391 g/mol. The van der Waals surface area contributed by atoms with E-state index in [9.17, 15) is 24.0 Å². The van der Waals surface area contributed by atoms with Gasteiger partial charge in [-0.15, -0.1) is 0 Å². The maximum atomic E-state index is 12.4. The Hall–Kier alpha value is -2.34. The summed E-state index contributed by atoms with van der Waals surface area (Å²) in [6.45, 7) is 2.71. The normalized spacial score (nSPS) is 14.0. The van der Waals surface area contributed by atoms with Gasteiger partial charge in [-0.2, -0.15) is 12.6 Å². The molecule has 11 nitrogen and oxygen atoms in total. The van der Waals surface area contributed by atoms with Crippen molar-refractivity contribution in [3.05, 3.63) is 0 Å². The van der Waals surface area contributed by atoms with Crippen LogP contribution in [0.2, 0.25) is 0 Å². The Kier molecular flexibility index (Phi) is 10.3. The molecule has 0 aliphatic rings. The molecule has 0 spiro atoms. The van der Waals surface area contributed by atoms with E-state index in [1.54, 1.807) is 13.8 Å². The zero-order valence-electron chi connectivity index (χ0n) is 14.5. The third kappa shape index (κ3) is 8.67. The standard InChI is InChI=1S/C14H25N5O6S/c1-6(2)11(19-12(23)7(15)3-9(16)20)14(25)18-8(5-26)13(24)17-4-10(21)22/h6-8,11,26H,3-5,15H2,1-2H3,(H2,16,20)(H,17,24)(H,18,25)(H,19,23)(H,21,22). The molecule has 0 radical (unpaired) electrons. The van der Waals surface area contributed by atoms with Gasteiger partial charge in [-0.1, -0.05) is 13.8 Å². The number of aliphatic carboxylic acids is 1. The summed E-state index contributed by atoms with van der Waals surface area (Å²) in [5.74, 6) is -4.59. The van der Waals surface area contributed by atoms with E-state index in [1.807, 2.05) is 0 Å². The van der Waals surface area contributed by atoms with E-state index in [-0.39, 0.29) is 18.1 Å². The molecule has 4 amide bonds. The summed E-state index contributed by atoms with van der Waals surface area (Å²) in [6.07, 6.45) is -0.380. The first-order valence-corrected chi connectivity index (χ1v) is 8.37. The second-order valence-corrected chi connectivity index (χ2v) is 6.23. The van der Waals surface area contributed by atoms with Crippen LogP contribution in [0.5, 0.6) is 0 Å². The number of primary amides is 1. The summed E-state index contributed by atoms with van der Waals surface area (Å²) in [5.41, 5.74) is 10.5. The first-order chi connectivity index (χ1) is 12.0. The van der Waals surface area contributed by atoms with Gasteiger partial charge < -0.3 is 32.5 Å². The highest BCUT2D eigenvalue weighted by molar-refractivity contribution is 7.80. The van der Waals surface area contributed by atoms with E-state index < -0.39 is 54.3 Å². The number of rotatable bonds is 11. The highest BCUT2D eigenvalue weighted by Gasteiger charge is 2.30. The van der Waals surface area contributed by atoms with Crippen molar-refractivity contribution in [1.82, 2.24) is 16.0 Å². The molecule has 0 saturated heterocycles. The van der Waals surface area contributed by atoms with Gasteiger partial charge in [0.15, 0.2) is 0 Å². The minimum absolute atomic E-state index is 0.0862. The van der Waals surface area contributed by atoms with Crippen LogP contribution in [-0.4, -0.2) is 65.1 Å². The lowest BCUT2D eigenvalue weighted by Gasteiger charge is -2.25. The molecule has 148 valence electrons. The molecule has 0 aromatic carbocycles. The molecule has 0 bridgehead atoms. The predicted octanol–water partition coefficient (Wildman–Crippen LogP) is -3.05. The molecule has 8 N–H and O–H groups in total. The highest BCUT2D eigenvalue weighted by Crippen LogP contribution is 2.04. The van der Waals surface area contributed by atoms with Crippen molar-refractivity contribution < 1.29 is 29.1 Å². The first kappa shape index (κ1) is 23.7. The second kappa shape index (κ2) is 11.3. The maximum absolute atomic E-state index is 12.4. The molecular weight excluding hydrogens is 366 g/mol. The van der Waals surface area contributed by atoms with Crippen molar-refractivity contribution in [2.24, 2.45) is 17.4 Å². The van der Waals surface area contributed by atoms with Crippen molar-refractivity contribution >= 4 is 42.2 Å². The maximum Gasteiger partial charge on any atom is 0.322 e.